The summed E-state index contributed by atoms with van der Waals surface area (Å²) in [4.78, 5) is 14.6. The van der Waals surface area contributed by atoms with E-state index in [0.29, 0.717) is 6.54 Å². The smallest absolute Gasteiger partial charge is 0.223 e. The Morgan fingerprint density at radius 3 is 2.61 bits per heavy atom. The number of rotatable bonds is 5. The van der Waals surface area contributed by atoms with Crippen molar-refractivity contribution in [1.29, 1.82) is 0 Å². The van der Waals surface area contributed by atoms with E-state index in [0.717, 1.165) is 42.7 Å². The zero-order chi connectivity index (χ0) is 16.1. The number of carbonyl (C=O) groups is 1. The molecule has 3 rings (SSSR count). The van der Waals surface area contributed by atoms with E-state index < -0.39 is 0 Å². The molecule has 0 atom stereocenters. The fourth-order valence-corrected chi connectivity index (χ4v) is 3.20. The van der Waals surface area contributed by atoms with Gasteiger partial charge in [0.2, 0.25) is 5.91 Å². The summed E-state index contributed by atoms with van der Waals surface area (Å²) < 4.78 is 6.34. The molecule has 1 saturated heterocycles. The third kappa shape index (κ3) is 4.69. The molecule has 1 aromatic heterocycles. The molecule has 0 unspecified atom stereocenters. The number of carbonyl (C=O) groups excluding carboxylic acids is 1. The van der Waals surface area contributed by atoms with Crippen molar-refractivity contribution in [1.82, 2.24) is 10.2 Å². The van der Waals surface area contributed by atoms with Crippen LogP contribution in [0.25, 0.3) is 0 Å². The van der Waals surface area contributed by atoms with Crippen LogP contribution in [0.15, 0.2) is 51.6 Å². The second-order valence-corrected chi connectivity index (χ2v) is 6.89. The van der Waals surface area contributed by atoms with Gasteiger partial charge in [0.1, 0.15) is 5.76 Å². The monoisotopic (exact) mass is 376 g/mol. The summed E-state index contributed by atoms with van der Waals surface area (Å²) in [6, 6.07) is 12.1. The molecule has 0 aliphatic carbocycles. The highest BCUT2D eigenvalue weighted by atomic mass is 79.9. The standard InChI is InChI=1S/C18H21BrN2O2/c19-16-5-3-14(4-6-16)13-21-9-7-15(8-10-21)18(22)20-12-17-2-1-11-23-17/h1-6,11,15H,7-10,12-13H2,(H,20,22). The molecular formula is C18H21BrN2O2. The Morgan fingerprint density at radius 1 is 1.22 bits per heavy atom. The summed E-state index contributed by atoms with van der Waals surface area (Å²) in [7, 11) is 0. The molecule has 1 N–H and O–H groups in total. The lowest BCUT2D eigenvalue weighted by molar-refractivity contribution is -0.126. The van der Waals surface area contributed by atoms with Gasteiger partial charge in [0.05, 0.1) is 12.8 Å². The van der Waals surface area contributed by atoms with Crippen LogP contribution in [0.5, 0.6) is 0 Å². The van der Waals surface area contributed by atoms with E-state index in [1.54, 1.807) is 6.26 Å². The van der Waals surface area contributed by atoms with E-state index in [2.05, 4.69) is 50.4 Å². The summed E-state index contributed by atoms with van der Waals surface area (Å²) >= 11 is 3.46. The fourth-order valence-electron chi connectivity index (χ4n) is 2.93. The lowest BCUT2D eigenvalue weighted by Crippen LogP contribution is -2.40. The maximum atomic E-state index is 12.2. The first-order valence-corrected chi connectivity index (χ1v) is 8.77. The number of likely N-dealkylation sites (tertiary alicyclic amines) is 1. The van der Waals surface area contributed by atoms with Gasteiger partial charge in [0, 0.05) is 16.9 Å². The third-order valence-corrected chi connectivity index (χ3v) is 4.82. The molecule has 1 aliphatic rings. The molecule has 0 saturated carbocycles. The number of amides is 1. The van der Waals surface area contributed by atoms with Crippen LogP contribution in [0.1, 0.15) is 24.2 Å². The molecule has 1 aliphatic heterocycles. The minimum absolute atomic E-state index is 0.117. The molecule has 2 heterocycles. The topological polar surface area (TPSA) is 45.5 Å². The van der Waals surface area contributed by atoms with Crippen LogP contribution in [0.2, 0.25) is 0 Å². The Balaban J connectivity index is 1.42. The number of hydrogen-bond donors (Lipinski definition) is 1. The van der Waals surface area contributed by atoms with Gasteiger partial charge in [-0.05, 0) is 55.8 Å². The van der Waals surface area contributed by atoms with Crippen LogP contribution < -0.4 is 5.32 Å². The van der Waals surface area contributed by atoms with Crippen LogP contribution in [-0.4, -0.2) is 23.9 Å². The summed E-state index contributed by atoms with van der Waals surface area (Å²) in [6.45, 7) is 3.36. The van der Waals surface area contributed by atoms with Crippen LogP contribution in [0.3, 0.4) is 0 Å². The van der Waals surface area contributed by atoms with Gasteiger partial charge in [-0.3, -0.25) is 9.69 Å². The maximum Gasteiger partial charge on any atom is 0.223 e. The molecular weight excluding hydrogens is 356 g/mol. The normalized spacial score (nSPS) is 16.4. The SMILES string of the molecule is O=C(NCc1ccco1)C1CCN(Cc2ccc(Br)cc2)CC1. The Kier molecular flexibility index (Phi) is 5.51. The Morgan fingerprint density at radius 2 is 1.96 bits per heavy atom. The van der Waals surface area contributed by atoms with Crippen molar-refractivity contribution in [2.45, 2.75) is 25.9 Å². The molecule has 0 spiro atoms. The van der Waals surface area contributed by atoms with Crippen molar-refractivity contribution in [2.75, 3.05) is 13.1 Å². The predicted octanol–water partition coefficient (Wildman–Crippen LogP) is 3.57. The molecule has 23 heavy (non-hydrogen) atoms. The molecule has 5 heteroatoms. The number of nitrogens with zero attached hydrogens (tertiary/aromatic N) is 1. The molecule has 2 aromatic rings. The van der Waals surface area contributed by atoms with Crippen LogP contribution >= 0.6 is 15.9 Å². The van der Waals surface area contributed by atoms with Crippen molar-refractivity contribution in [3.8, 4) is 0 Å². The first-order valence-electron chi connectivity index (χ1n) is 7.97. The molecule has 1 aromatic carbocycles. The molecule has 0 bridgehead atoms. The molecule has 4 nitrogen and oxygen atoms in total. The molecule has 1 amide bonds. The third-order valence-electron chi connectivity index (χ3n) is 4.29. The first kappa shape index (κ1) is 16.3. The highest BCUT2D eigenvalue weighted by Gasteiger charge is 2.24. The maximum absolute atomic E-state index is 12.2. The number of nitrogens with one attached hydrogen (secondary N) is 1. The zero-order valence-corrected chi connectivity index (χ0v) is 14.6. The lowest BCUT2D eigenvalue weighted by atomic mass is 9.95. The van der Waals surface area contributed by atoms with Crippen molar-refractivity contribution < 1.29 is 9.21 Å². The van der Waals surface area contributed by atoms with Crippen molar-refractivity contribution in [2.24, 2.45) is 5.92 Å². The molecule has 1 fully saturated rings. The second kappa shape index (κ2) is 7.79. The first-order chi connectivity index (χ1) is 11.2. The van der Waals surface area contributed by atoms with Gasteiger partial charge in [-0.25, -0.2) is 0 Å². The highest BCUT2D eigenvalue weighted by Crippen LogP contribution is 2.20. The number of benzene rings is 1. The Hall–Kier alpha value is -1.59. The minimum atomic E-state index is 0.117. The van der Waals surface area contributed by atoms with Crippen LogP contribution in [0, 0.1) is 5.92 Å². The van der Waals surface area contributed by atoms with Gasteiger partial charge in [-0.2, -0.15) is 0 Å². The van der Waals surface area contributed by atoms with Crippen molar-refractivity contribution in [3.63, 3.8) is 0 Å². The van der Waals surface area contributed by atoms with E-state index in [1.807, 2.05) is 12.1 Å². The predicted molar refractivity (Wildman–Crippen MR) is 92.7 cm³/mol. The number of hydrogen-bond acceptors (Lipinski definition) is 3. The average molecular weight is 377 g/mol. The van der Waals surface area contributed by atoms with E-state index in [1.165, 1.54) is 5.56 Å². The Bertz CT molecular complexity index is 617. The summed E-state index contributed by atoms with van der Waals surface area (Å²) in [6.07, 6.45) is 3.46. The van der Waals surface area contributed by atoms with Crippen LogP contribution in [-0.2, 0) is 17.9 Å². The highest BCUT2D eigenvalue weighted by molar-refractivity contribution is 9.10. The fraction of sp³-hybridized carbons (Fsp3) is 0.389. The van der Waals surface area contributed by atoms with Gasteiger partial charge in [0.15, 0.2) is 0 Å². The minimum Gasteiger partial charge on any atom is -0.467 e. The van der Waals surface area contributed by atoms with Gasteiger partial charge < -0.3 is 9.73 Å². The summed E-state index contributed by atoms with van der Waals surface area (Å²) in [5.74, 6) is 1.06. The Labute approximate surface area is 145 Å². The van der Waals surface area contributed by atoms with Crippen molar-refractivity contribution >= 4 is 21.8 Å². The van der Waals surface area contributed by atoms with E-state index in [-0.39, 0.29) is 11.8 Å². The quantitative estimate of drug-likeness (QED) is 0.867. The van der Waals surface area contributed by atoms with Crippen molar-refractivity contribution in [3.05, 3.63) is 58.5 Å². The van der Waals surface area contributed by atoms with E-state index in [9.17, 15) is 4.79 Å². The number of halogens is 1. The molecule has 122 valence electrons. The second-order valence-electron chi connectivity index (χ2n) is 5.97. The summed E-state index contributed by atoms with van der Waals surface area (Å²) in [5, 5.41) is 2.97. The number of piperidine rings is 1. The van der Waals surface area contributed by atoms with Gasteiger partial charge in [-0.1, -0.05) is 28.1 Å². The van der Waals surface area contributed by atoms with E-state index in [4.69, 9.17) is 4.42 Å². The van der Waals surface area contributed by atoms with Gasteiger partial charge in [-0.15, -0.1) is 0 Å². The van der Waals surface area contributed by atoms with E-state index >= 15 is 0 Å². The number of furan rings is 1. The largest absolute Gasteiger partial charge is 0.467 e. The summed E-state index contributed by atoms with van der Waals surface area (Å²) in [5.41, 5.74) is 1.31. The average Bonchev–Trinajstić information content (AvgIpc) is 3.09. The van der Waals surface area contributed by atoms with Gasteiger partial charge >= 0.3 is 0 Å². The zero-order valence-electron chi connectivity index (χ0n) is 13.0. The van der Waals surface area contributed by atoms with Crippen LogP contribution in [0.4, 0.5) is 0 Å². The molecule has 0 radical (unpaired) electrons. The lowest BCUT2D eigenvalue weighted by Gasteiger charge is -2.31. The van der Waals surface area contributed by atoms with Gasteiger partial charge in [0.25, 0.3) is 0 Å².